The Morgan fingerprint density at radius 2 is 0.850 bits per heavy atom. The number of aryl methyl sites for hydroxylation is 7. The van der Waals surface area contributed by atoms with Crippen molar-refractivity contribution in [3.63, 3.8) is 0 Å². The molecule has 0 aliphatic carbocycles. The third-order valence-corrected chi connectivity index (χ3v) is 8.00. The van der Waals surface area contributed by atoms with Gasteiger partial charge in [-0.2, -0.15) is 0 Å². The van der Waals surface area contributed by atoms with Crippen molar-refractivity contribution >= 4 is 0 Å². The van der Waals surface area contributed by atoms with Gasteiger partial charge in [-0.15, -0.1) is 0 Å². The lowest BCUT2D eigenvalue weighted by molar-refractivity contribution is 0.428. The molecular weight excluding hydrogens is 496 g/mol. The van der Waals surface area contributed by atoms with Crippen LogP contribution in [0, 0.1) is 34.6 Å². The molecule has 4 aromatic rings. The minimum atomic E-state index is -0.417. The Labute approximate surface area is 239 Å². The number of aromatic hydroxyl groups is 4. The minimum absolute atomic E-state index is 0.268. The highest BCUT2D eigenvalue weighted by atomic mass is 16.3. The Morgan fingerprint density at radius 3 is 1.25 bits per heavy atom. The van der Waals surface area contributed by atoms with Gasteiger partial charge < -0.3 is 20.4 Å². The molecule has 4 nitrogen and oxygen atoms in total. The van der Waals surface area contributed by atoms with Gasteiger partial charge in [0.05, 0.1) is 0 Å². The third-order valence-electron chi connectivity index (χ3n) is 8.00. The van der Waals surface area contributed by atoms with E-state index in [1.807, 2.05) is 78.8 Å². The van der Waals surface area contributed by atoms with Gasteiger partial charge in [-0.25, -0.2) is 0 Å². The van der Waals surface area contributed by atoms with Crippen LogP contribution >= 0.6 is 0 Å². The highest BCUT2D eigenvalue weighted by molar-refractivity contribution is 5.51. The molecule has 4 aromatic carbocycles. The first-order valence-corrected chi connectivity index (χ1v) is 14.2. The van der Waals surface area contributed by atoms with Crippen LogP contribution in [-0.4, -0.2) is 20.4 Å². The minimum Gasteiger partial charge on any atom is -0.508 e. The van der Waals surface area contributed by atoms with Crippen molar-refractivity contribution in [2.75, 3.05) is 0 Å². The van der Waals surface area contributed by atoms with E-state index in [1.165, 1.54) is 0 Å². The summed E-state index contributed by atoms with van der Waals surface area (Å²) in [5.74, 6) is 1.17. The molecule has 0 heterocycles. The second-order valence-electron chi connectivity index (χ2n) is 10.8. The van der Waals surface area contributed by atoms with E-state index >= 15 is 0 Å². The predicted molar refractivity (Wildman–Crippen MR) is 165 cm³/mol. The van der Waals surface area contributed by atoms with Gasteiger partial charge in [-0.05, 0) is 129 Å². The van der Waals surface area contributed by atoms with Gasteiger partial charge >= 0.3 is 0 Å². The predicted octanol–water partition coefficient (Wildman–Crippen LogP) is 8.63. The van der Waals surface area contributed by atoms with E-state index in [-0.39, 0.29) is 5.75 Å². The van der Waals surface area contributed by atoms with Crippen molar-refractivity contribution in [3.8, 4) is 23.0 Å². The molecule has 40 heavy (non-hydrogen) atoms. The standard InChI is InChI=1S/C34H38O4.C2H6/c1-21-16-26(6-9-30(21)35)12-14-34(28-8-11-32(37)23(3)18-28,29-19-24(4)33(38)25(5)20-29)15-13-27-7-10-31(36)22(2)17-27;1-2/h6-11,16-20,35-38H,12-15H2,1-5H3;1-2H3. The fraction of sp³-hybridized carbons (Fsp3) is 0.333. The van der Waals surface area contributed by atoms with E-state index in [0.717, 1.165) is 75.8 Å². The van der Waals surface area contributed by atoms with Gasteiger partial charge in [-0.1, -0.05) is 62.4 Å². The molecule has 0 radical (unpaired) electrons. The van der Waals surface area contributed by atoms with Crippen molar-refractivity contribution in [2.24, 2.45) is 0 Å². The maximum absolute atomic E-state index is 10.6. The Kier molecular flexibility index (Phi) is 9.92. The summed E-state index contributed by atoms with van der Waals surface area (Å²) in [4.78, 5) is 0. The molecule has 0 saturated heterocycles. The highest BCUT2D eigenvalue weighted by Gasteiger charge is 2.35. The van der Waals surface area contributed by atoms with Crippen LogP contribution in [0.25, 0.3) is 0 Å². The first-order valence-electron chi connectivity index (χ1n) is 14.2. The molecule has 0 aliphatic rings. The monoisotopic (exact) mass is 540 g/mol. The average Bonchev–Trinajstić information content (AvgIpc) is 2.94. The summed E-state index contributed by atoms with van der Waals surface area (Å²) < 4.78 is 0. The second-order valence-corrected chi connectivity index (χ2v) is 10.8. The third kappa shape index (κ3) is 6.62. The summed E-state index contributed by atoms with van der Waals surface area (Å²) in [6.07, 6.45) is 3.16. The number of phenolic OH excluding ortho intramolecular Hbond substituents is 4. The van der Waals surface area contributed by atoms with E-state index in [2.05, 4.69) is 18.2 Å². The van der Waals surface area contributed by atoms with Crippen LogP contribution in [0.2, 0.25) is 0 Å². The lowest BCUT2D eigenvalue weighted by Crippen LogP contribution is -2.30. The number of hydrogen-bond donors (Lipinski definition) is 4. The second kappa shape index (κ2) is 13.0. The molecule has 0 aliphatic heterocycles. The molecule has 212 valence electrons. The normalized spacial score (nSPS) is 11.2. The van der Waals surface area contributed by atoms with Gasteiger partial charge in [0.15, 0.2) is 0 Å². The average molecular weight is 541 g/mol. The molecule has 4 rings (SSSR count). The van der Waals surface area contributed by atoms with Crippen molar-refractivity contribution in [1.29, 1.82) is 0 Å². The van der Waals surface area contributed by atoms with E-state index in [4.69, 9.17) is 0 Å². The zero-order valence-corrected chi connectivity index (χ0v) is 25.0. The molecule has 0 fully saturated rings. The molecule has 0 bridgehead atoms. The molecule has 0 unspecified atom stereocenters. The van der Waals surface area contributed by atoms with Crippen molar-refractivity contribution in [3.05, 3.63) is 117 Å². The fourth-order valence-corrected chi connectivity index (χ4v) is 5.52. The van der Waals surface area contributed by atoms with Gasteiger partial charge in [-0.3, -0.25) is 0 Å². The van der Waals surface area contributed by atoms with E-state index in [0.29, 0.717) is 17.2 Å². The summed E-state index contributed by atoms with van der Waals surface area (Å²) in [6, 6.07) is 21.6. The fourth-order valence-electron chi connectivity index (χ4n) is 5.52. The zero-order valence-electron chi connectivity index (χ0n) is 25.0. The Hall–Kier alpha value is -3.92. The maximum atomic E-state index is 10.6. The summed E-state index contributed by atoms with van der Waals surface area (Å²) in [7, 11) is 0. The number of rotatable bonds is 8. The molecule has 4 heteroatoms. The first-order chi connectivity index (χ1) is 19.0. The van der Waals surface area contributed by atoms with Gasteiger partial charge in [0.25, 0.3) is 0 Å². The van der Waals surface area contributed by atoms with Gasteiger partial charge in [0, 0.05) is 5.41 Å². The van der Waals surface area contributed by atoms with Crippen LogP contribution in [-0.2, 0) is 18.3 Å². The largest absolute Gasteiger partial charge is 0.508 e. The highest BCUT2D eigenvalue weighted by Crippen LogP contribution is 2.44. The smallest absolute Gasteiger partial charge is 0.121 e. The van der Waals surface area contributed by atoms with Crippen LogP contribution in [0.4, 0.5) is 0 Å². The summed E-state index contributed by atoms with van der Waals surface area (Å²) >= 11 is 0. The molecule has 0 amide bonds. The van der Waals surface area contributed by atoms with Crippen LogP contribution in [0.1, 0.15) is 76.8 Å². The molecule has 0 saturated carbocycles. The SMILES string of the molecule is CC.Cc1cc(CCC(CCc2ccc(O)c(C)c2)(c2ccc(O)c(C)c2)c2cc(C)c(O)c(C)c2)ccc1O. The zero-order chi connectivity index (χ0) is 29.6. The van der Waals surface area contributed by atoms with Gasteiger partial charge in [0.2, 0.25) is 0 Å². The maximum Gasteiger partial charge on any atom is 0.121 e. The molecule has 0 spiro atoms. The van der Waals surface area contributed by atoms with Crippen LogP contribution in [0.5, 0.6) is 23.0 Å². The lowest BCUT2D eigenvalue weighted by Gasteiger charge is -2.37. The van der Waals surface area contributed by atoms with E-state index in [1.54, 1.807) is 18.2 Å². The first kappa shape index (κ1) is 30.6. The number of hydrogen-bond acceptors (Lipinski definition) is 4. The lowest BCUT2D eigenvalue weighted by atomic mass is 9.66. The van der Waals surface area contributed by atoms with Crippen LogP contribution in [0.15, 0.2) is 66.7 Å². The quantitative estimate of drug-likeness (QED) is 0.180. The molecule has 4 N–H and O–H groups in total. The number of phenols is 4. The topological polar surface area (TPSA) is 80.9 Å². The Balaban J connectivity index is 0.00000216. The van der Waals surface area contributed by atoms with Crippen LogP contribution in [0.3, 0.4) is 0 Å². The van der Waals surface area contributed by atoms with Crippen molar-refractivity contribution in [1.82, 2.24) is 0 Å². The van der Waals surface area contributed by atoms with Crippen molar-refractivity contribution in [2.45, 2.75) is 79.6 Å². The summed E-state index contributed by atoms with van der Waals surface area (Å²) in [6.45, 7) is 13.6. The van der Waals surface area contributed by atoms with Crippen LogP contribution < -0.4 is 0 Å². The summed E-state index contributed by atoms with van der Waals surface area (Å²) in [5, 5.41) is 41.1. The molecule has 0 atom stereocenters. The Bertz CT molecular complexity index is 1390. The van der Waals surface area contributed by atoms with E-state index in [9.17, 15) is 20.4 Å². The molecule has 0 aromatic heterocycles. The summed E-state index contributed by atoms with van der Waals surface area (Å²) in [5.41, 5.74) is 8.31. The van der Waals surface area contributed by atoms with Crippen molar-refractivity contribution < 1.29 is 20.4 Å². The number of benzene rings is 4. The molecular formula is C36H44O4. The Morgan fingerprint density at radius 1 is 0.475 bits per heavy atom. The van der Waals surface area contributed by atoms with E-state index < -0.39 is 5.41 Å². The van der Waals surface area contributed by atoms with Gasteiger partial charge in [0.1, 0.15) is 23.0 Å².